The molecule has 1 amide bonds. The number of likely N-dealkylation sites (tertiary alicyclic amines) is 1. The van der Waals surface area contributed by atoms with Gasteiger partial charge in [-0.05, 0) is 53.5 Å². The Bertz CT molecular complexity index is 305. The molecule has 0 radical (unpaired) electrons. The molecule has 1 atom stereocenters. The molecule has 0 spiro atoms. The second-order valence-corrected chi connectivity index (χ2v) is 6.48. The fourth-order valence-electron chi connectivity index (χ4n) is 2.60. The van der Waals surface area contributed by atoms with Crippen LogP contribution in [-0.4, -0.2) is 42.4 Å². The molecule has 0 saturated carbocycles. The van der Waals surface area contributed by atoms with Crippen LogP contribution in [0.3, 0.4) is 0 Å². The predicted molar refractivity (Wildman–Crippen MR) is 73.7 cm³/mol. The monoisotopic (exact) mass is 274 g/mol. The third-order valence-corrected chi connectivity index (χ3v) is 3.90. The quantitative estimate of drug-likeness (QED) is 0.861. The van der Waals surface area contributed by atoms with Crippen LogP contribution < -0.4 is 5.73 Å². The van der Waals surface area contributed by atoms with E-state index in [2.05, 4.69) is 0 Å². The standard InChI is InChI=1S/C14H27FN2O2/c1-11(15)14(5-8-16)6-9-17(10-7-14)12(18)19-13(2,3)4/h11H,5-10,16H2,1-4H3. The molecule has 4 nitrogen and oxygen atoms in total. The first kappa shape index (κ1) is 16.2. The molecule has 19 heavy (non-hydrogen) atoms. The molecular formula is C14H27FN2O2. The number of halogens is 1. The van der Waals surface area contributed by atoms with E-state index < -0.39 is 11.8 Å². The summed E-state index contributed by atoms with van der Waals surface area (Å²) in [7, 11) is 0. The summed E-state index contributed by atoms with van der Waals surface area (Å²) in [6.07, 6.45) is 0.784. The maximum Gasteiger partial charge on any atom is 0.410 e. The Morgan fingerprint density at radius 2 is 1.95 bits per heavy atom. The van der Waals surface area contributed by atoms with Gasteiger partial charge in [-0.1, -0.05) is 0 Å². The second-order valence-electron chi connectivity index (χ2n) is 6.48. The molecule has 1 fully saturated rings. The molecule has 1 unspecified atom stereocenters. The van der Waals surface area contributed by atoms with Crippen molar-refractivity contribution in [1.82, 2.24) is 4.90 Å². The normalized spacial score (nSPS) is 21.1. The first-order chi connectivity index (χ1) is 8.70. The molecule has 0 aromatic rings. The van der Waals surface area contributed by atoms with Crippen molar-refractivity contribution in [3.05, 3.63) is 0 Å². The van der Waals surface area contributed by atoms with Crippen LogP contribution in [0.4, 0.5) is 9.18 Å². The van der Waals surface area contributed by atoms with Gasteiger partial charge in [0, 0.05) is 18.5 Å². The summed E-state index contributed by atoms with van der Waals surface area (Å²) in [5, 5.41) is 0. The molecule has 1 rings (SSSR count). The van der Waals surface area contributed by atoms with Crippen molar-refractivity contribution in [2.24, 2.45) is 11.1 Å². The molecule has 1 aliphatic heterocycles. The average Bonchev–Trinajstić information content (AvgIpc) is 2.27. The maximum atomic E-state index is 13.8. The van der Waals surface area contributed by atoms with E-state index in [0.717, 1.165) is 0 Å². The fourth-order valence-corrected chi connectivity index (χ4v) is 2.60. The summed E-state index contributed by atoms with van der Waals surface area (Å²) in [5.74, 6) is 0. The summed E-state index contributed by atoms with van der Waals surface area (Å²) < 4.78 is 19.2. The molecular weight excluding hydrogens is 247 g/mol. The van der Waals surface area contributed by atoms with Crippen molar-refractivity contribution in [2.75, 3.05) is 19.6 Å². The molecule has 112 valence electrons. The third-order valence-electron chi connectivity index (χ3n) is 3.90. The van der Waals surface area contributed by atoms with Crippen molar-refractivity contribution in [3.8, 4) is 0 Å². The van der Waals surface area contributed by atoms with Gasteiger partial charge in [0.15, 0.2) is 0 Å². The van der Waals surface area contributed by atoms with Crippen molar-refractivity contribution in [3.63, 3.8) is 0 Å². The van der Waals surface area contributed by atoms with E-state index in [1.54, 1.807) is 11.8 Å². The van der Waals surface area contributed by atoms with Gasteiger partial charge in [-0.2, -0.15) is 0 Å². The zero-order chi connectivity index (χ0) is 14.7. The van der Waals surface area contributed by atoms with Crippen molar-refractivity contribution >= 4 is 6.09 Å². The number of nitrogens with two attached hydrogens (primary N) is 1. The van der Waals surface area contributed by atoms with Gasteiger partial charge in [0.1, 0.15) is 11.8 Å². The van der Waals surface area contributed by atoms with Gasteiger partial charge in [0.05, 0.1) is 0 Å². The molecule has 0 aromatic carbocycles. The predicted octanol–water partition coefficient (Wildman–Crippen LogP) is 2.71. The SMILES string of the molecule is CC(F)C1(CCN)CCN(C(=O)OC(C)(C)C)CC1. The smallest absolute Gasteiger partial charge is 0.410 e. The van der Waals surface area contributed by atoms with Gasteiger partial charge in [-0.15, -0.1) is 0 Å². The van der Waals surface area contributed by atoms with E-state index in [-0.39, 0.29) is 11.5 Å². The van der Waals surface area contributed by atoms with Crippen molar-refractivity contribution < 1.29 is 13.9 Å². The number of ether oxygens (including phenoxy) is 1. The van der Waals surface area contributed by atoms with Crippen LogP contribution in [0.25, 0.3) is 0 Å². The minimum atomic E-state index is -0.892. The molecule has 0 bridgehead atoms. The highest BCUT2D eigenvalue weighted by Gasteiger charge is 2.40. The number of hydrogen-bond acceptors (Lipinski definition) is 3. The molecule has 0 aromatic heterocycles. The number of carbonyl (C=O) groups is 1. The first-order valence-electron chi connectivity index (χ1n) is 7.02. The molecule has 1 saturated heterocycles. The largest absolute Gasteiger partial charge is 0.444 e. The number of hydrogen-bond donors (Lipinski definition) is 1. The molecule has 2 N–H and O–H groups in total. The average molecular weight is 274 g/mol. The van der Waals surface area contributed by atoms with E-state index in [4.69, 9.17) is 10.5 Å². The van der Waals surface area contributed by atoms with Gasteiger partial charge in [-0.25, -0.2) is 9.18 Å². The second kappa shape index (κ2) is 6.07. The highest BCUT2D eigenvalue weighted by molar-refractivity contribution is 5.68. The highest BCUT2D eigenvalue weighted by Crippen LogP contribution is 2.39. The zero-order valence-corrected chi connectivity index (χ0v) is 12.5. The number of carbonyl (C=O) groups excluding carboxylic acids is 1. The number of rotatable bonds is 3. The Morgan fingerprint density at radius 1 is 1.42 bits per heavy atom. The highest BCUT2D eigenvalue weighted by atomic mass is 19.1. The lowest BCUT2D eigenvalue weighted by Crippen LogP contribution is -2.48. The van der Waals surface area contributed by atoms with Crippen LogP contribution in [0, 0.1) is 5.41 Å². The zero-order valence-electron chi connectivity index (χ0n) is 12.5. The molecule has 1 aliphatic rings. The summed E-state index contributed by atoms with van der Waals surface area (Å²) in [4.78, 5) is 13.6. The van der Waals surface area contributed by atoms with Gasteiger partial charge in [0.25, 0.3) is 0 Å². The van der Waals surface area contributed by atoms with Crippen LogP contribution in [0.1, 0.15) is 47.0 Å². The Morgan fingerprint density at radius 3 is 2.32 bits per heavy atom. The van der Waals surface area contributed by atoms with Gasteiger partial charge >= 0.3 is 6.09 Å². The fraction of sp³-hybridized carbons (Fsp3) is 0.929. The Labute approximate surface area is 115 Å². The van der Waals surface area contributed by atoms with E-state index in [9.17, 15) is 9.18 Å². The van der Waals surface area contributed by atoms with Crippen LogP contribution in [-0.2, 0) is 4.74 Å². The lowest BCUT2D eigenvalue weighted by Gasteiger charge is -2.43. The van der Waals surface area contributed by atoms with Gasteiger partial charge in [-0.3, -0.25) is 0 Å². The third kappa shape index (κ3) is 4.34. The van der Waals surface area contributed by atoms with Crippen molar-refractivity contribution in [2.45, 2.75) is 58.7 Å². The van der Waals surface area contributed by atoms with Crippen LogP contribution in [0.2, 0.25) is 0 Å². The Hall–Kier alpha value is -0.840. The summed E-state index contributed by atoms with van der Waals surface area (Å²) >= 11 is 0. The Balaban J connectivity index is 2.58. The minimum absolute atomic E-state index is 0.305. The van der Waals surface area contributed by atoms with Crippen LogP contribution in [0.15, 0.2) is 0 Å². The van der Waals surface area contributed by atoms with E-state index in [0.29, 0.717) is 38.9 Å². The molecule has 1 heterocycles. The number of amides is 1. The van der Waals surface area contributed by atoms with E-state index in [1.165, 1.54) is 0 Å². The summed E-state index contributed by atoms with van der Waals surface area (Å²) in [6, 6.07) is 0. The lowest BCUT2D eigenvalue weighted by atomic mass is 9.72. The number of piperidine rings is 1. The summed E-state index contributed by atoms with van der Waals surface area (Å²) in [5.41, 5.74) is 4.73. The lowest BCUT2D eigenvalue weighted by molar-refractivity contribution is -0.00627. The molecule has 0 aliphatic carbocycles. The van der Waals surface area contributed by atoms with Crippen molar-refractivity contribution in [1.29, 1.82) is 0 Å². The van der Waals surface area contributed by atoms with E-state index in [1.807, 2.05) is 20.8 Å². The number of nitrogens with zero attached hydrogens (tertiary/aromatic N) is 1. The van der Waals surface area contributed by atoms with Gasteiger partial charge < -0.3 is 15.4 Å². The minimum Gasteiger partial charge on any atom is -0.444 e. The Kier molecular flexibility index (Phi) is 5.18. The first-order valence-corrected chi connectivity index (χ1v) is 7.02. The topological polar surface area (TPSA) is 55.6 Å². The van der Waals surface area contributed by atoms with Crippen LogP contribution in [0.5, 0.6) is 0 Å². The molecule has 5 heteroatoms. The number of alkyl halides is 1. The maximum absolute atomic E-state index is 13.8. The van der Waals surface area contributed by atoms with E-state index >= 15 is 0 Å². The van der Waals surface area contributed by atoms with Crippen LogP contribution >= 0.6 is 0 Å². The summed E-state index contributed by atoms with van der Waals surface area (Å²) in [6.45, 7) is 8.71. The van der Waals surface area contributed by atoms with Gasteiger partial charge in [0.2, 0.25) is 0 Å².